The second-order valence-electron chi connectivity index (χ2n) is 3.83. The summed E-state index contributed by atoms with van der Waals surface area (Å²) in [5.41, 5.74) is 4.92. The Hall–Kier alpha value is -1.87. The highest BCUT2D eigenvalue weighted by atomic mass is 32.2. The van der Waals surface area contributed by atoms with E-state index in [2.05, 4.69) is 6.58 Å². The largest absolute Gasteiger partial charge is 0.351 e. The van der Waals surface area contributed by atoms with E-state index in [0.717, 1.165) is 25.3 Å². The standard InChI is InChI=1S/C11H14N2O5S2/c1-3-8-19(15,16)9-6-4-5-7-10(9)20(17,18)13(2)11(12)14/h3-7H,1,8H2,2H3,(H2,12,14). The maximum absolute atomic E-state index is 12.2. The molecule has 0 heterocycles. The van der Waals surface area contributed by atoms with Crippen molar-refractivity contribution in [2.45, 2.75) is 9.79 Å². The fourth-order valence-electron chi connectivity index (χ4n) is 1.43. The zero-order valence-electron chi connectivity index (χ0n) is 10.7. The van der Waals surface area contributed by atoms with E-state index < -0.39 is 41.4 Å². The third-order valence-electron chi connectivity index (χ3n) is 2.47. The van der Waals surface area contributed by atoms with E-state index in [1.54, 1.807) is 0 Å². The van der Waals surface area contributed by atoms with Crippen LogP contribution in [0.25, 0.3) is 0 Å². The molecule has 110 valence electrons. The molecule has 0 unspecified atom stereocenters. The van der Waals surface area contributed by atoms with Crippen molar-refractivity contribution in [2.75, 3.05) is 12.8 Å². The predicted octanol–water partition coefficient (Wildman–Crippen LogP) is 0.346. The Morgan fingerprint density at radius 1 is 1.25 bits per heavy atom. The number of carbonyl (C=O) groups is 1. The fraction of sp³-hybridized carbons (Fsp3) is 0.182. The van der Waals surface area contributed by atoms with Gasteiger partial charge in [-0.25, -0.2) is 25.9 Å². The second kappa shape index (κ2) is 5.63. The zero-order valence-corrected chi connectivity index (χ0v) is 12.3. The van der Waals surface area contributed by atoms with Gasteiger partial charge in [0, 0.05) is 7.05 Å². The topological polar surface area (TPSA) is 115 Å². The number of sulfone groups is 1. The van der Waals surface area contributed by atoms with Crippen molar-refractivity contribution in [3.8, 4) is 0 Å². The lowest BCUT2D eigenvalue weighted by Crippen LogP contribution is -2.37. The van der Waals surface area contributed by atoms with Crippen molar-refractivity contribution >= 4 is 25.9 Å². The van der Waals surface area contributed by atoms with Gasteiger partial charge in [0.05, 0.1) is 10.6 Å². The average Bonchev–Trinajstić information content (AvgIpc) is 2.37. The number of rotatable bonds is 5. The monoisotopic (exact) mass is 318 g/mol. The molecule has 0 aliphatic rings. The molecule has 0 saturated carbocycles. The normalized spacial score (nSPS) is 11.8. The third kappa shape index (κ3) is 2.99. The van der Waals surface area contributed by atoms with Crippen LogP contribution in [0.15, 0.2) is 46.7 Å². The highest BCUT2D eigenvalue weighted by Crippen LogP contribution is 2.24. The minimum atomic E-state index is -4.33. The number of hydrogen-bond acceptors (Lipinski definition) is 5. The number of nitrogens with zero attached hydrogens (tertiary/aromatic N) is 1. The van der Waals surface area contributed by atoms with E-state index in [0.29, 0.717) is 0 Å². The Balaban J connectivity index is 3.57. The van der Waals surface area contributed by atoms with Crippen molar-refractivity contribution in [2.24, 2.45) is 5.73 Å². The van der Waals surface area contributed by atoms with E-state index in [4.69, 9.17) is 5.73 Å². The Morgan fingerprint density at radius 2 is 1.75 bits per heavy atom. The molecular formula is C11H14N2O5S2. The van der Waals surface area contributed by atoms with E-state index >= 15 is 0 Å². The molecule has 20 heavy (non-hydrogen) atoms. The van der Waals surface area contributed by atoms with Gasteiger partial charge in [-0.1, -0.05) is 18.2 Å². The zero-order chi connectivity index (χ0) is 15.6. The van der Waals surface area contributed by atoms with Gasteiger partial charge in [-0.2, -0.15) is 0 Å². The molecule has 1 rings (SSSR count). The highest BCUT2D eigenvalue weighted by Gasteiger charge is 2.30. The van der Waals surface area contributed by atoms with E-state index in [9.17, 15) is 21.6 Å². The van der Waals surface area contributed by atoms with Crippen LogP contribution in [0, 0.1) is 0 Å². The summed E-state index contributed by atoms with van der Waals surface area (Å²) in [5.74, 6) is -0.417. The van der Waals surface area contributed by atoms with Crippen LogP contribution in [0.1, 0.15) is 0 Å². The Labute approximate surface area is 117 Å². The van der Waals surface area contributed by atoms with Crippen molar-refractivity contribution in [1.82, 2.24) is 4.31 Å². The summed E-state index contributed by atoms with van der Waals surface area (Å²) >= 11 is 0. The average molecular weight is 318 g/mol. The molecule has 0 saturated heterocycles. The number of urea groups is 1. The summed E-state index contributed by atoms with van der Waals surface area (Å²) < 4.78 is 48.7. The first-order chi connectivity index (χ1) is 9.14. The van der Waals surface area contributed by atoms with E-state index in [1.807, 2.05) is 0 Å². The molecule has 0 radical (unpaired) electrons. The van der Waals surface area contributed by atoms with Crippen LogP contribution < -0.4 is 5.73 Å². The van der Waals surface area contributed by atoms with E-state index in [-0.39, 0.29) is 4.31 Å². The molecule has 7 nitrogen and oxygen atoms in total. The first-order valence-corrected chi connectivity index (χ1v) is 8.45. The third-order valence-corrected chi connectivity index (χ3v) is 6.11. The molecule has 2 amide bonds. The molecule has 0 bridgehead atoms. The number of carbonyl (C=O) groups excluding carboxylic acids is 1. The Bertz CT molecular complexity index is 738. The van der Waals surface area contributed by atoms with Crippen LogP contribution in [0.5, 0.6) is 0 Å². The number of hydrogen-bond donors (Lipinski definition) is 1. The van der Waals surface area contributed by atoms with Crippen LogP contribution in [0.2, 0.25) is 0 Å². The summed E-state index contributed by atoms with van der Waals surface area (Å²) in [6.07, 6.45) is 1.15. The minimum absolute atomic E-state index is 0.287. The second-order valence-corrected chi connectivity index (χ2v) is 7.77. The van der Waals surface area contributed by atoms with Crippen LogP contribution in [0.4, 0.5) is 4.79 Å². The quantitative estimate of drug-likeness (QED) is 0.786. The molecule has 1 aromatic carbocycles. The summed E-state index contributed by atoms with van der Waals surface area (Å²) in [6, 6.07) is 3.79. The summed E-state index contributed by atoms with van der Waals surface area (Å²) in [4.78, 5) is 10.1. The van der Waals surface area contributed by atoms with Crippen LogP contribution >= 0.6 is 0 Å². The minimum Gasteiger partial charge on any atom is -0.351 e. The van der Waals surface area contributed by atoms with Gasteiger partial charge in [0.15, 0.2) is 9.84 Å². The van der Waals surface area contributed by atoms with Gasteiger partial charge >= 0.3 is 6.03 Å². The van der Waals surface area contributed by atoms with Crippen LogP contribution in [-0.4, -0.2) is 40.0 Å². The Kier molecular flexibility index (Phi) is 4.56. The van der Waals surface area contributed by atoms with E-state index in [1.165, 1.54) is 12.1 Å². The van der Waals surface area contributed by atoms with Gasteiger partial charge in [-0.3, -0.25) is 0 Å². The molecular weight excluding hydrogens is 304 g/mol. The lowest BCUT2D eigenvalue weighted by molar-refractivity contribution is 0.237. The molecule has 2 N–H and O–H groups in total. The lowest BCUT2D eigenvalue weighted by atomic mass is 10.4. The predicted molar refractivity (Wildman–Crippen MR) is 73.2 cm³/mol. The van der Waals surface area contributed by atoms with Gasteiger partial charge in [0.2, 0.25) is 0 Å². The van der Waals surface area contributed by atoms with Crippen molar-refractivity contribution in [3.63, 3.8) is 0 Å². The lowest BCUT2D eigenvalue weighted by Gasteiger charge is -2.17. The molecule has 0 aliphatic heterocycles. The molecule has 0 fully saturated rings. The maximum Gasteiger partial charge on any atom is 0.328 e. The van der Waals surface area contributed by atoms with Crippen LogP contribution in [0.3, 0.4) is 0 Å². The van der Waals surface area contributed by atoms with Gasteiger partial charge in [0.1, 0.15) is 4.90 Å². The SMILES string of the molecule is C=CCS(=O)(=O)c1ccccc1S(=O)(=O)N(C)C(N)=O. The van der Waals surface area contributed by atoms with Gasteiger partial charge in [-0.05, 0) is 12.1 Å². The molecule has 0 aromatic heterocycles. The first kappa shape index (κ1) is 16.2. The van der Waals surface area contributed by atoms with Gasteiger partial charge in [0.25, 0.3) is 10.0 Å². The molecule has 1 aromatic rings. The molecule has 0 aliphatic carbocycles. The molecule has 9 heteroatoms. The van der Waals surface area contributed by atoms with Crippen molar-refractivity contribution < 1.29 is 21.6 Å². The van der Waals surface area contributed by atoms with Gasteiger partial charge < -0.3 is 5.73 Å². The summed E-state index contributed by atoms with van der Waals surface area (Å²) in [7, 11) is -7.23. The van der Waals surface area contributed by atoms with Crippen LogP contribution in [-0.2, 0) is 19.9 Å². The van der Waals surface area contributed by atoms with Crippen molar-refractivity contribution in [3.05, 3.63) is 36.9 Å². The summed E-state index contributed by atoms with van der Waals surface area (Å²) in [6.45, 7) is 3.31. The first-order valence-electron chi connectivity index (χ1n) is 5.35. The highest BCUT2D eigenvalue weighted by molar-refractivity contribution is 7.93. The summed E-state index contributed by atoms with van der Waals surface area (Å²) in [5, 5.41) is 0. The number of benzene rings is 1. The number of nitrogens with two attached hydrogens (primary N) is 1. The maximum atomic E-state index is 12.2. The van der Waals surface area contributed by atoms with Crippen molar-refractivity contribution in [1.29, 1.82) is 0 Å². The molecule has 0 spiro atoms. The number of amides is 2. The molecule has 0 atom stereocenters. The van der Waals surface area contributed by atoms with Gasteiger partial charge in [-0.15, -0.1) is 6.58 Å². The smallest absolute Gasteiger partial charge is 0.328 e. The fourth-order valence-corrected chi connectivity index (χ4v) is 4.38. The Morgan fingerprint density at radius 3 is 2.20 bits per heavy atom. The number of primary amides is 1. The number of sulfonamides is 1.